The van der Waals surface area contributed by atoms with Gasteiger partial charge in [-0.15, -0.1) is 0 Å². The number of fused-ring (bicyclic) bond motifs is 5. The van der Waals surface area contributed by atoms with Crippen LogP contribution in [0.15, 0.2) is 16.8 Å². The van der Waals surface area contributed by atoms with Crippen LogP contribution in [0, 0.1) is 40.4 Å². The summed E-state index contributed by atoms with van der Waals surface area (Å²) in [6.45, 7) is 8.10. The third-order valence-corrected chi connectivity index (χ3v) is 9.83. The Hall–Kier alpha value is -0.560. The maximum atomic E-state index is 8.73. The van der Waals surface area contributed by atoms with Crippen LogP contribution in [0.2, 0.25) is 0 Å². The number of hydrogen-bond acceptors (Lipinski definition) is 2. The van der Waals surface area contributed by atoms with Gasteiger partial charge in [-0.1, -0.05) is 37.5 Å². The lowest BCUT2D eigenvalue weighted by Gasteiger charge is -2.58. The van der Waals surface area contributed by atoms with E-state index in [1.54, 1.807) is 5.57 Å². The number of allylic oxidation sites excluding steroid dienone is 1. The number of nitrogens with zero attached hydrogens (tertiary/aromatic N) is 3. The van der Waals surface area contributed by atoms with Crippen molar-refractivity contribution < 1.29 is 4.52 Å². The molecule has 0 aromatic heterocycles. The van der Waals surface area contributed by atoms with Gasteiger partial charge in [-0.3, -0.25) is 0 Å². The van der Waals surface area contributed by atoms with Crippen molar-refractivity contribution in [1.82, 2.24) is 0 Å². The van der Waals surface area contributed by atoms with Crippen molar-refractivity contribution in [2.75, 3.05) is 6.54 Å². The summed E-state index contributed by atoms with van der Waals surface area (Å²) < 4.78 is 5.62. The molecule has 0 aliphatic heterocycles. The standard InChI is InChI=1S/C22H36N3OP/c1-14(13-24-25-23)18-6-7-19-17-5-4-15-12-16(26-27)8-10-21(15,2)20(17)9-11-22(18,19)3/h4,14,16-20H,5-13,27H2,1-3H3/t14-,16+,17?,18?,19?,20?,21+,22-/m1/s1. The third kappa shape index (κ3) is 3.07. The predicted molar refractivity (Wildman–Crippen MR) is 113 cm³/mol. The molecule has 0 N–H and O–H groups in total. The molecule has 0 heterocycles. The maximum absolute atomic E-state index is 8.73. The van der Waals surface area contributed by atoms with E-state index in [0.717, 1.165) is 24.2 Å². The Balaban J connectivity index is 1.57. The summed E-state index contributed by atoms with van der Waals surface area (Å²) in [6.07, 6.45) is 13.3. The van der Waals surface area contributed by atoms with Crippen molar-refractivity contribution in [3.8, 4) is 0 Å². The molecule has 0 aromatic carbocycles. The maximum Gasteiger partial charge on any atom is 0.0648 e. The number of hydrogen-bond donors (Lipinski definition) is 0. The van der Waals surface area contributed by atoms with Crippen LogP contribution < -0.4 is 0 Å². The Morgan fingerprint density at radius 1 is 1.26 bits per heavy atom. The summed E-state index contributed by atoms with van der Waals surface area (Å²) in [5, 5.41) is 3.90. The van der Waals surface area contributed by atoms with Crippen LogP contribution in [0.5, 0.6) is 0 Å². The van der Waals surface area contributed by atoms with E-state index in [2.05, 4.69) is 46.3 Å². The quantitative estimate of drug-likeness (QED) is 0.174. The summed E-state index contributed by atoms with van der Waals surface area (Å²) in [7, 11) is 2.48. The van der Waals surface area contributed by atoms with Gasteiger partial charge in [0.2, 0.25) is 0 Å². The van der Waals surface area contributed by atoms with Crippen LogP contribution in [0.1, 0.15) is 72.1 Å². The largest absolute Gasteiger partial charge is 0.362 e. The monoisotopic (exact) mass is 389 g/mol. The van der Waals surface area contributed by atoms with E-state index in [9.17, 15) is 0 Å². The van der Waals surface area contributed by atoms with E-state index in [1.165, 1.54) is 44.9 Å². The van der Waals surface area contributed by atoms with Gasteiger partial charge >= 0.3 is 0 Å². The molecule has 0 aromatic rings. The molecular weight excluding hydrogens is 353 g/mol. The summed E-state index contributed by atoms with van der Waals surface area (Å²) in [6, 6.07) is 0. The first-order valence-corrected chi connectivity index (χ1v) is 11.5. The van der Waals surface area contributed by atoms with Crippen molar-refractivity contribution in [3.05, 3.63) is 22.1 Å². The van der Waals surface area contributed by atoms with Crippen LogP contribution in [0.25, 0.3) is 10.4 Å². The van der Waals surface area contributed by atoms with Gasteiger partial charge in [-0.05, 0) is 97.3 Å². The molecule has 4 rings (SSSR count). The van der Waals surface area contributed by atoms with Crippen molar-refractivity contribution in [1.29, 1.82) is 0 Å². The molecule has 4 aliphatic rings. The van der Waals surface area contributed by atoms with Gasteiger partial charge < -0.3 is 4.52 Å². The molecule has 0 bridgehead atoms. The lowest BCUT2D eigenvalue weighted by molar-refractivity contribution is -0.0540. The Kier molecular flexibility index (Phi) is 5.38. The molecule has 0 spiro atoms. The first kappa shape index (κ1) is 19.7. The average Bonchev–Trinajstić information content (AvgIpc) is 3.02. The topological polar surface area (TPSA) is 58.0 Å². The summed E-state index contributed by atoms with van der Waals surface area (Å²) in [4.78, 5) is 3.01. The molecule has 27 heavy (non-hydrogen) atoms. The van der Waals surface area contributed by atoms with Crippen LogP contribution in [0.3, 0.4) is 0 Å². The Morgan fingerprint density at radius 2 is 2.07 bits per heavy atom. The zero-order valence-corrected chi connectivity index (χ0v) is 18.4. The molecule has 5 unspecified atom stereocenters. The van der Waals surface area contributed by atoms with Gasteiger partial charge in [0.1, 0.15) is 0 Å². The second-order valence-corrected chi connectivity index (χ2v) is 10.7. The van der Waals surface area contributed by atoms with Crippen molar-refractivity contribution in [2.45, 2.75) is 78.2 Å². The summed E-state index contributed by atoms with van der Waals surface area (Å²) in [5.74, 6) is 3.77. The first-order chi connectivity index (χ1) is 12.9. The van der Waals surface area contributed by atoms with Gasteiger partial charge in [0.25, 0.3) is 0 Å². The van der Waals surface area contributed by atoms with E-state index in [4.69, 9.17) is 10.1 Å². The first-order valence-electron chi connectivity index (χ1n) is 11.0. The molecule has 5 heteroatoms. The molecule has 3 fully saturated rings. The summed E-state index contributed by atoms with van der Waals surface area (Å²) in [5.41, 5.74) is 11.3. The minimum atomic E-state index is 0.400. The smallest absolute Gasteiger partial charge is 0.0648 e. The highest BCUT2D eigenvalue weighted by Gasteiger charge is 2.59. The molecule has 3 saturated carbocycles. The fourth-order valence-electron chi connectivity index (χ4n) is 8.01. The Labute approximate surface area is 166 Å². The van der Waals surface area contributed by atoms with E-state index >= 15 is 0 Å². The lowest BCUT2D eigenvalue weighted by Crippen LogP contribution is -2.51. The normalized spacial score (nSPS) is 47.1. The SMILES string of the molecule is C[C@H](CN=[N+]=[N-])C1CCC2C3CC=C4C[C@@H](OP)CC[C@]4(C)C3CC[C@@]21C. The highest BCUT2D eigenvalue weighted by Crippen LogP contribution is 2.67. The van der Waals surface area contributed by atoms with Gasteiger partial charge in [0, 0.05) is 20.9 Å². The fraction of sp³-hybridized carbons (Fsp3) is 0.909. The lowest BCUT2D eigenvalue weighted by atomic mass is 9.47. The predicted octanol–water partition coefficient (Wildman–Crippen LogP) is 6.69. The molecule has 4 aliphatic carbocycles. The Bertz CT molecular complexity index is 660. The second kappa shape index (κ2) is 7.36. The molecule has 4 nitrogen and oxygen atoms in total. The van der Waals surface area contributed by atoms with Crippen LogP contribution >= 0.6 is 9.47 Å². The van der Waals surface area contributed by atoms with E-state index in [-0.39, 0.29) is 0 Å². The van der Waals surface area contributed by atoms with Gasteiger partial charge in [0.15, 0.2) is 0 Å². The fourth-order valence-corrected chi connectivity index (χ4v) is 8.24. The molecule has 0 saturated heterocycles. The van der Waals surface area contributed by atoms with Gasteiger partial charge in [-0.2, -0.15) is 0 Å². The molecule has 0 radical (unpaired) electrons. The van der Waals surface area contributed by atoms with E-state index in [1.807, 2.05) is 0 Å². The summed E-state index contributed by atoms with van der Waals surface area (Å²) >= 11 is 0. The van der Waals surface area contributed by atoms with Gasteiger partial charge in [-0.25, -0.2) is 0 Å². The zero-order valence-electron chi connectivity index (χ0n) is 17.2. The van der Waals surface area contributed by atoms with Gasteiger partial charge in [0.05, 0.1) is 6.10 Å². The minimum absolute atomic E-state index is 0.400. The molecular formula is C22H36N3OP. The third-order valence-electron chi connectivity index (χ3n) is 9.44. The highest BCUT2D eigenvalue weighted by molar-refractivity contribution is 7.09. The Morgan fingerprint density at radius 3 is 2.81 bits per heavy atom. The number of azide groups is 1. The number of rotatable bonds is 4. The van der Waals surface area contributed by atoms with Crippen LogP contribution in [-0.2, 0) is 4.52 Å². The van der Waals surface area contributed by atoms with E-state index in [0.29, 0.717) is 35.3 Å². The van der Waals surface area contributed by atoms with Crippen molar-refractivity contribution in [2.24, 2.45) is 45.5 Å². The van der Waals surface area contributed by atoms with Crippen molar-refractivity contribution >= 4 is 9.47 Å². The average molecular weight is 390 g/mol. The van der Waals surface area contributed by atoms with E-state index < -0.39 is 0 Å². The van der Waals surface area contributed by atoms with Crippen LogP contribution in [0.4, 0.5) is 0 Å². The minimum Gasteiger partial charge on any atom is -0.362 e. The highest BCUT2D eigenvalue weighted by atomic mass is 31.0. The molecule has 9 atom stereocenters. The molecule has 0 amide bonds. The second-order valence-electron chi connectivity index (χ2n) is 10.4. The zero-order chi connectivity index (χ0) is 19.2. The molecule has 150 valence electrons. The van der Waals surface area contributed by atoms with Crippen molar-refractivity contribution in [3.63, 3.8) is 0 Å². The van der Waals surface area contributed by atoms with Crippen LogP contribution in [-0.4, -0.2) is 12.6 Å².